The summed E-state index contributed by atoms with van der Waals surface area (Å²) in [5.74, 6) is 0. The summed E-state index contributed by atoms with van der Waals surface area (Å²) in [6, 6.07) is 1.04. The molecule has 2 heterocycles. The molecule has 1 aromatic rings. The molecule has 0 radical (unpaired) electrons. The van der Waals surface area contributed by atoms with E-state index in [-0.39, 0.29) is 0 Å². The van der Waals surface area contributed by atoms with Crippen molar-refractivity contribution in [2.24, 2.45) is 0 Å². The lowest BCUT2D eigenvalue weighted by Crippen LogP contribution is -2.42. The number of hydrogen-bond donors (Lipinski definition) is 2. The third-order valence-electron chi connectivity index (χ3n) is 2.90. The number of hydrogen-bond acceptors (Lipinski definition) is 4. The highest BCUT2D eigenvalue weighted by molar-refractivity contribution is 7.09. The van der Waals surface area contributed by atoms with E-state index in [1.54, 1.807) is 11.3 Å². The first-order valence-electron chi connectivity index (χ1n) is 5.72. The van der Waals surface area contributed by atoms with E-state index in [2.05, 4.69) is 22.5 Å². The Morgan fingerprint density at radius 3 is 3.27 bits per heavy atom. The van der Waals surface area contributed by atoms with Crippen molar-refractivity contribution >= 4 is 11.3 Å². The van der Waals surface area contributed by atoms with Gasteiger partial charge in [-0.05, 0) is 26.3 Å². The van der Waals surface area contributed by atoms with Gasteiger partial charge in [0, 0.05) is 24.2 Å². The van der Waals surface area contributed by atoms with Crippen LogP contribution in [0, 0.1) is 0 Å². The van der Waals surface area contributed by atoms with Gasteiger partial charge in [0.1, 0.15) is 5.01 Å². The summed E-state index contributed by atoms with van der Waals surface area (Å²) < 4.78 is 0. The minimum Gasteiger partial charge on any atom is -0.313 e. The van der Waals surface area contributed by atoms with Crippen LogP contribution in [0.5, 0.6) is 0 Å². The Labute approximate surface area is 95.3 Å². The van der Waals surface area contributed by atoms with Crippen molar-refractivity contribution in [3.05, 3.63) is 16.6 Å². The van der Waals surface area contributed by atoms with E-state index in [1.165, 1.54) is 30.8 Å². The molecule has 1 aromatic heterocycles. The van der Waals surface area contributed by atoms with Crippen molar-refractivity contribution in [1.29, 1.82) is 0 Å². The smallest absolute Gasteiger partial charge is 0.109 e. The number of piperidine rings is 1. The summed E-state index contributed by atoms with van der Waals surface area (Å²) >= 11 is 1.72. The largest absolute Gasteiger partial charge is 0.313 e. The normalized spacial score (nSPS) is 23.9. The van der Waals surface area contributed by atoms with Crippen LogP contribution in [0.3, 0.4) is 0 Å². The van der Waals surface area contributed by atoms with Crippen molar-refractivity contribution in [1.82, 2.24) is 15.6 Å². The van der Waals surface area contributed by atoms with Crippen LogP contribution in [0.1, 0.15) is 37.2 Å². The van der Waals surface area contributed by atoms with E-state index >= 15 is 0 Å². The zero-order valence-electron chi connectivity index (χ0n) is 9.20. The average molecular weight is 225 g/mol. The fraction of sp³-hybridized carbons (Fsp3) is 0.727. The fourth-order valence-corrected chi connectivity index (χ4v) is 2.62. The average Bonchev–Trinajstić information content (AvgIpc) is 2.81. The first-order valence-corrected chi connectivity index (χ1v) is 6.60. The molecule has 3 nitrogen and oxygen atoms in total. The fourth-order valence-electron chi connectivity index (χ4n) is 1.95. The zero-order valence-corrected chi connectivity index (χ0v) is 10.0. The molecule has 4 heteroatoms. The molecule has 0 amide bonds. The van der Waals surface area contributed by atoms with Crippen LogP contribution in [0.2, 0.25) is 0 Å². The Balaban J connectivity index is 1.73. The Kier molecular flexibility index (Phi) is 4.11. The summed E-state index contributed by atoms with van der Waals surface area (Å²) in [6.07, 6.45) is 5.87. The van der Waals surface area contributed by atoms with Gasteiger partial charge < -0.3 is 10.6 Å². The highest BCUT2D eigenvalue weighted by Gasteiger charge is 2.14. The van der Waals surface area contributed by atoms with Crippen LogP contribution in [0.15, 0.2) is 11.6 Å². The van der Waals surface area contributed by atoms with Gasteiger partial charge in [-0.15, -0.1) is 11.3 Å². The summed E-state index contributed by atoms with van der Waals surface area (Å²) in [4.78, 5) is 4.32. The minimum atomic E-state index is 0.383. The predicted octanol–water partition coefficient (Wildman–Crippen LogP) is 1.94. The van der Waals surface area contributed by atoms with Gasteiger partial charge in [-0.25, -0.2) is 4.98 Å². The molecule has 0 bridgehead atoms. The van der Waals surface area contributed by atoms with Crippen LogP contribution in [-0.2, 0) is 0 Å². The van der Waals surface area contributed by atoms with E-state index in [1.807, 2.05) is 11.6 Å². The SMILES string of the molecule is C[C@H](NC[C@@H]1CCCCN1)c1nccs1. The molecule has 1 saturated heterocycles. The van der Waals surface area contributed by atoms with Crippen LogP contribution < -0.4 is 10.6 Å². The van der Waals surface area contributed by atoms with Gasteiger partial charge in [0.05, 0.1) is 6.04 Å². The van der Waals surface area contributed by atoms with Gasteiger partial charge >= 0.3 is 0 Å². The predicted molar refractivity (Wildman–Crippen MR) is 64.2 cm³/mol. The first-order chi connectivity index (χ1) is 7.36. The van der Waals surface area contributed by atoms with Crippen molar-refractivity contribution in [3.8, 4) is 0 Å². The molecule has 0 spiro atoms. The molecule has 0 aliphatic carbocycles. The minimum absolute atomic E-state index is 0.383. The second-order valence-corrected chi connectivity index (χ2v) is 5.07. The quantitative estimate of drug-likeness (QED) is 0.822. The van der Waals surface area contributed by atoms with Gasteiger partial charge in [0.25, 0.3) is 0 Å². The Hall–Kier alpha value is -0.450. The second-order valence-electron chi connectivity index (χ2n) is 4.15. The third kappa shape index (κ3) is 3.26. The molecule has 15 heavy (non-hydrogen) atoms. The summed E-state index contributed by atoms with van der Waals surface area (Å²) in [5, 5.41) is 10.3. The zero-order chi connectivity index (χ0) is 10.5. The monoisotopic (exact) mass is 225 g/mol. The molecule has 0 unspecified atom stereocenters. The van der Waals surface area contributed by atoms with Gasteiger partial charge in [-0.2, -0.15) is 0 Å². The molecule has 2 N–H and O–H groups in total. The van der Waals surface area contributed by atoms with E-state index in [9.17, 15) is 0 Å². The topological polar surface area (TPSA) is 37.0 Å². The van der Waals surface area contributed by atoms with E-state index in [0.717, 1.165) is 6.54 Å². The molecule has 84 valence electrons. The standard InChI is InChI=1S/C11H19N3S/c1-9(11-13-6-7-15-11)14-8-10-4-2-3-5-12-10/h6-7,9-10,12,14H,2-5,8H2,1H3/t9-,10-/m0/s1. The van der Waals surface area contributed by atoms with Crippen molar-refractivity contribution in [3.63, 3.8) is 0 Å². The summed E-state index contributed by atoms with van der Waals surface area (Å²) in [7, 11) is 0. The molecule has 2 atom stereocenters. The van der Waals surface area contributed by atoms with E-state index in [4.69, 9.17) is 0 Å². The van der Waals surface area contributed by atoms with Crippen molar-refractivity contribution in [2.75, 3.05) is 13.1 Å². The maximum atomic E-state index is 4.32. The molecule has 1 fully saturated rings. The van der Waals surface area contributed by atoms with Crippen molar-refractivity contribution in [2.45, 2.75) is 38.3 Å². The molecule has 0 aromatic carbocycles. The lowest BCUT2D eigenvalue weighted by atomic mass is 10.1. The van der Waals surface area contributed by atoms with Crippen LogP contribution in [0.4, 0.5) is 0 Å². The lowest BCUT2D eigenvalue weighted by Gasteiger charge is -2.25. The van der Waals surface area contributed by atoms with Gasteiger partial charge in [0.15, 0.2) is 0 Å². The maximum Gasteiger partial charge on any atom is 0.109 e. The van der Waals surface area contributed by atoms with Crippen LogP contribution in [0.25, 0.3) is 0 Å². The number of aromatic nitrogens is 1. The third-order valence-corrected chi connectivity index (χ3v) is 3.86. The Morgan fingerprint density at radius 1 is 1.67 bits per heavy atom. The number of nitrogens with one attached hydrogen (secondary N) is 2. The van der Waals surface area contributed by atoms with Gasteiger partial charge in [-0.1, -0.05) is 6.42 Å². The van der Waals surface area contributed by atoms with E-state index < -0.39 is 0 Å². The molecule has 1 aliphatic heterocycles. The Bertz CT molecular complexity index is 267. The summed E-state index contributed by atoms with van der Waals surface area (Å²) in [6.45, 7) is 4.42. The second kappa shape index (κ2) is 5.58. The van der Waals surface area contributed by atoms with Crippen LogP contribution in [-0.4, -0.2) is 24.1 Å². The summed E-state index contributed by atoms with van der Waals surface area (Å²) in [5.41, 5.74) is 0. The number of nitrogens with zero attached hydrogens (tertiary/aromatic N) is 1. The lowest BCUT2D eigenvalue weighted by molar-refractivity contribution is 0.371. The van der Waals surface area contributed by atoms with Gasteiger partial charge in [0.2, 0.25) is 0 Å². The van der Waals surface area contributed by atoms with Crippen LogP contribution >= 0.6 is 11.3 Å². The van der Waals surface area contributed by atoms with Gasteiger partial charge in [-0.3, -0.25) is 0 Å². The molecule has 1 aliphatic rings. The molecule has 0 saturated carbocycles. The number of thiazole rings is 1. The highest BCUT2D eigenvalue weighted by Crippen LogP contribution is 2.15. The molecular weight excluding hydrogens is 206 g/mol. The molecule has 2 rings (SSSR count). The highest BCUT2D eigenvalue weighted by atomic mass is 32.1. The van der Waals surface area contributed by atoms with E-state index in [0.29, 0.717) is 12.1 Å². The Morgan fingerprint density at radius 2 is 2.60 bits per heavy atom. The maximum absolute atomic E-state index is 4.32. The van der Waals surface area contributed by atoms with Crippen molar-refractivity contribution < 1.29 is 0 Å². The first kappa shape index (κ1) is 11.0. The molecular formula is C11H19N3S. The number of rotatable bonds is 4.